The molecule has 0 bridgehead atoms. The fraction of sp³-hybridized carbons (Fsp3) is 0.667. The molecule has 1 heterocycles. The van der Waals surface area contributed by atoms with Crippen LogP contribution >= 0.6 is 23.2 Å². The van der Waals surface area contributed by atoms with Crippen molar-refractivity contribution in [1.29, 1.82) is 0 Å². The summed E-state index contributed by atoms with van der Waals surface area (Å²) in [6.45, 7) is 3.75. The lowest BCUT2D eigenvalue weighted by Crippen LogP contribution is -2.24. The normalized spacial score (nSPS) is 22.1. The summed E-state index contributed by atoms with van der Waals surface area (Å²) in [5, 5.41) is 17.1. The minimum atomic E-state index is -0.122. The fourth-order valence-corrected chi connectivity index (χ4v) is 3.04. The first-order chi connectivity index (χ1) is 10.1. The number of nitrogens with one attached hydrogen (secondary N) is 2. The van der Waals surface area contributed by atoms with Gasteiger partial charge in [-0.3, -0.25) is 0 Å². The third-order valence-electron chi connectivity index (χ3n) is 3.85. The topological polar surface area (TPSA) is 57.2 Å². The van der Waals surface area contributed by atoms with Gasteiger partial charge in [-0.1, -0.05) is 30.1 Å². The number of anilines is 2. The first-order valence-electron chi connectivity index (χ1n) is 7.62. The molecule has 3 N–H and O–H groups in total. The molecule has 2 rings (SSSR count). The van der Waals surface area contributed by atoms with Crippen molar-refractivity contribution >= 4 is 34.8 Å². The number of aliphatic hydroxyl groups is 1. The van der Waals surface area contributed by atoms with Crippen molar-refractivity contribution < 1.29 is 5.11 Å². The van der Waals surface area contributed by atoms with E-state index >= 15 is 0 Å². The van der Waals surface area contributed by atoms with E-state index < -0.39 is 0 Å². The molecule has 0 unspecified atom stereocenters. The van der Waals surface area contributed by atoms with Crippen molar-refractivity contribution in [2.75, 3.05) is 23.7 Å². The molecule has 6 heteroatoms. The Balaban J connectivity index is 1.95. The van der Waals surface area contributed by atoms with E-state index in [0.29, 0.717) is 27.6 Å². The van der Waals surface area contributed by atoms with Crippen LogP contribution in [0.3, 0.4) is 0 Å². The molecular weight excluding hydrogens is 309 g/mol. The molecule has 0 amide bonds. The van der Waals surface area contributed by atoms with Crippen LogP contribution in [0.2, 0.25) is 10.0 Å². The standard InChI is InChI=1S/C15H23Cl2N3O/c1-2-7-18-14-12(16)8-13(17)15(20-14)19-9-10-3-5-11(21)6-4-10/h8,10-11,21H,2-7,9H2,1H3,(H2,18,19,20). The van der Waals surface area contributed by atoms with Gasteiger partial charge in [0.25, 0.3) is 0 Å². The zero-order chi connectivity index (χ0) is 15.2. The summed E-state index contributed by atoms with van der Waals surface area (Å²) in [6, 6.07) is 1.72. The average Bonchev–Trinajstić information content (AvgIpc) is 2.47. The maximum Gasteiger partial charge on any atom is 0.147 e. The van der Waals surface area contributed by atoms with Gasteiger partial charge < -0.3 is 15.7 Å². The van der Waals surface area contributed by atoms with Crippen LogP contribution in [-0.2, 0) is 0 Å². The summed E-state index contributed by atoms with van der Waals surface area (Å²) < 4.78 is 0. The first kappa shape index (κ1) is 16.7. The van der Waals surface area contributed by atoms with E-state index in [1.54, 1.807) is 6.07 Å². The minimum absolute atomic E-state index is 0.122. The van der Waals surface area contributed by atoms with Crippen LogP contribution < -0.4 is 10.6 Å². The van der Waals surface area contributed by atoms with Crippen molar-refractivity contribution in [2.45, 2.75) is 45.1 Å². The van der Waals surface area contributed by atoms with Gasteiger partial charge in [0.2, 0.25) is 0 Å². The van der Waals surface area contributed by atoms with Crippen LogP contribution in [-0.4, -0.2) is 29.3 Å². The van der Waals surface area contributed by atoms with Gasteiger partial charge in [0, 0.05) is 13.1 Å². The Morgan fingerprint density at radius 1 is 1.14 bits per heavy atom. The number of hydrogen-bond acceptors (Lipinski definition) is 4. The van der Waals surface area contributed by atoms with E-state index in [9.17, 15) is 5.11 Å². The number of pyridine rings is 1. The lowest BCUT2D eigenvalue weighted by molar-refractivity contribution is 0.111. The van der Waals surface area contributed by atoms with Crippen LogP contribution in [0.15, 0.2) is 6.07 Å². The van der Waals surface area contributed by atoms with Gasteiger partial charge in [0.05, 0.1) is 16.1 Å². The highest BCUT2D eigenvalue weighted by atomic mass is 35.5. The lowest BCUT2D eigenvalue weighted by atomic mass is 9.87. The molecule has 4 nitrogen and oxygen atoms in total. The number of hydrogen-bond donors (Lipinski definition) is 3. The van der Waals surface area contributed by atoms with Crippen LogP contribution in [0, 0.1) is 5.92 Å². The summed E-state index contributed by atoms with van der Waals surface area (Å²) in [6.07, 6.45) is 4.74. The largest absolute Gasteiger partial charge is 0.393 e. The Bertz CT molecular complexity index is 462. The maximum atomic E-state index is 9.53. The van der Waals surface area contributed by atoms with Crippen molar-refractivity contribution in [2.24, 2.45) is 5.92 Å². The summed E-state index contributed by atoms with van der Waals surface area (Å²) in [5.41, 5.74) is 0. The quantitative estimate of drug-likeness (QED) is 0.732. The zero-order valence-corrected chi connectivity index (χ0v) is 13.8. The van der Waals surface area contributed by atoms with E-state index in [4.69, 9.17) is 23.2 Å². The monoisotopic (exact) mass is 331 g/mol. The number of halogens is 2. The van der Waals surface area contributed by atoms with Gasteiger partial charge >= 0.3 is 0 Å². The second-order valence-corrected chi connectivity index (χ2v) is 6.45. The van der Waals surface area contributed by atoms with E-state index in [0.717, 1.165) is 45.2 Å². The number of nitrogens with zero attached hydrogens (tertiary/aromatic N) is 1. The zero-order valence-electron chi connectivity index (χ0n) is 12.3. The Labute approximate surface area is 136 Å². The Morgan fingerprint density at radius 2 is 1.76 bits per heavy atom. The highest BCUT2D eigenvalue weighted by molar-refractivity contribution is 6.37. The summed E-state index contributed by atoms with van der Waals surface area (Å²) in [4.78, 5) is 4.47. The molecule has 0 spiro atoms. The Kier molecular flexibility index (Phi) is 6.40. The van der Waals surface area contributed by atoms with Crippen LogP contribution in [0.5, 0.6) is 0 Å². The lowest BCUT2D eigenvalue weighted by Gasteiger charge is -2.25. The second kappa shape index (κ2) is 8.06. The Morgan fingerprint density at radius 3 is 2.38 bits per heavy atom. The molecule has 0 aromatic carbocycles. The predicted molar refractivity (Wildman–Crippen MR) is 89.5 cm³/mol. The summed E-state index contributed by atoms with van der Waals surface area (Å²) >= 11 is 12.3. The van der Waals surface area contributed by atoms with Crippen LogP contribution in [0.4, 0.5) is 11.6 Å². The third kappa shape index (κ3) is 4.90. The number of aromatic nitrogens is 1. The smallest absolute Gasteiger partial charge is 0.147 e. The second-order valence-electron chi connectivity index (χ2n) is 5.63. The SMILES string of the molecule is CCCNc1nc(NCC2CCC(O)CC2)c(Cl)cc1Cl. The van der Waals surface area contributed by atoms with Gasteiger partial charge in [-0.05, 0) is 44.1 Å². The summed E-state index contributed by atoms with van der Waals surface area (Å²) in [5.74, 6) is 1.91. The van der Waals surface area contributed by atoms with Gasteiger partial charge in [0.1, 0.15) is 11.6 Å². The van der Waals surface area contributed by atoms with Gasteiger partial charge in [-0.15, -0.1) is 0 Å². The molecule has 0 atom stereocenters. The first-order valence-corrected chi connectivity index (χ1v) is 8.37. The molecule has 0 radical (unpaired) electrons. The molecule has 0 aliphatic heterocycles. The molecule has 1 aromatic rings. The highest BCUT2D eigenvalue weighted by Crippen LogP contribution is 2.30. The fourth-order valence-electron chi connectivity index (χ4n) is 2.55. The van der Waals surface area contributed by atoms with E-state index in [-0.39, 0.29) is 6.10 Å². The van der Waals surface area contributed by atoms with Crippen molar-refractivity contribution in [3.05, 3.63) is 16.1 Å². The van der Waals surface area contributed by atoms with Crippen LogP contribution in [0.1, 0.15) is 39.0 Å². The minimum Gasteiger partial charge on any atom is -0.393 e. The predicted octanol–water partition coefficient (Wildman–Crippen LogP) is 4.17. The van der Waals surface area contributed by atoms with E-state index in [1.165, 1.54) is 0 Å². The maximum absolute atomic E-state index is 9.53. The van der Waals surface area contributed by atoms with Gasteiger partial charge in [0.15, 0.2) is 0 Å². The Hall–Kier alpha value is -0.710. The molecule has 0 saturated heterocycles. The van der Waals surface area contributed by atoms with Crippen molar-refractivity contribution in [3.8, 4) is 0 Å². The molecule has 1 saturated carbocycles. The number of aliphatic hydroxyl groups excluding tert-OH is 1. The summed E-state index contributed by atoms with van der Waals surface area (Å²) in [7, 11) is 0. The van der Waals surface area contributed by atoms with Crippen molar-refractivity contribution in [1.82, 2.24) is 4.98 Å². The van der Waals surface area contributed by atoms with Crippen LogP contribution in [0.25, 0.3) is 0 Å². The molecule has 1 aliphatic carbocycles. The molecule has 1 aromatic heterocycles. The van der Waals surface area contributed by atoms with Gasteiger partial charge in [-0.2, -0.15) is 0 Å². The third-order valence-corrected chi connectivity index (χ3v) is 4.42. The van der Waals surface area contributed by atoms with E-state index in [1.807, 2.05) is 0 Å². The highest BCUT2D eigenvalue weighted by Gasteiger charge is 2.19. The van der Waals surface area contributed by atoms with E-state index in [2.05, 4.69) is 22.5 Å². The van der Waals surface area contributed by atoms with Crippen molar-refractivity contribution in [3.63, 3.8) is 0 Å². The molecular formula is C15H23Cl2N3O. The average molecular weight is 332 g/mol. The molecule has 21 heavy (non-hydrogen) atoms. The number of rotatable bonds is 6. The van der Waals surface area contributed by atoms with Gasteiger partial charge in [-0.25, -0.2) is 4.98 Å². The molecule has 1 aliphatic rings. The molecule has 1 fully saturated rings. The molecule has 118 valence electrons.